The molecule has 0 aliphatic carbocycles. The summed E-state index contributed by atoms with van der Waals surface area (Å²) in [5, 5.41) is 6.07. The third-order valence-corrected chi connectivity index (χ3v) is 5.54. The Morgan fingerprint density at radius 1 is 1.30 bits per heavy atom. The van der Waals surface area contributed by atoms with Crippen molar-refractivity contribution in [3.8, 4) is 12.3 Å². The molecule has 150 valence electrons. The van der Waals surface area contributed by atoms with Crippen molar-refractivity contribution in [3.63, 3.8) is 0 Å². The Balaban J connectivity index is 1.76. The molecule has 0 saturated carbocycles. The molecule has 2 aliphatic heterocycles. The van der Waals surface area contributed by atoms with E-state index in [1.807, 2.05) is 4.90 Å². The first-order valence-electron chi connectivity index (χ1n) is 9.85. The molecule has 7 nitrogen and oxygen atoms in total. The number of rotatable bonds is 7. The fourth-order valence-corrected chi connectivity index (χ4v) is 3.77. The average molecular weight is 377 g/mol. The van der Waals surface area contributed by atoms with E-state index in [2.05, 4.69) is 21.3 Å². The SMILES string of the molecule is C#C[C@@H](CNC(=O)[C@@H]1CCCN(C(=O)CCC2CCNCC2)C1)C(=O)OC. The summed E-state index contributed by atoms with van der Waals surface area (Å²) in [5.74, 6) is 1.36. The first-order chi connectivity index (χ1) is 13.0. The molecule has 0 bridgehead atoms. The fourth-order valence-electron chi connectivity index (χ4n) is 3.77. The average Bonchev–Trinajstić information content (AvgIpc) is 2.72. The third-order valence-electron chi connectivity index (χ3n) is 5.54. The van der Waals surface area contributed by atoms with E-state index in [4.69, 9.17) is 6.42 Å². The first-order valence-corrected chi connectivity index (χ1v) is 9.85. The van der Waals surface area contributed by atoms with Crippen molar-refractivity contribution in [1.29, 1.82) is 0 Å². The second-order valence-corrected chi connectivity index (χ2v) is 7.40. The minimum Gasteiger partial charge on any atom is -0.468 e. The number of piperidine rings is 2. The van der Waals surface area contributed by atoms with Crippen molar-refractivity contribution < 1.29 is 19.1 Å². The number of terminal acetylenes is 1. The van der Waals surface area contributed by atoms with Gasteiger partial charge in [-0.1, -0.05) is 5.92 Å². The first kappa shape index (κ1) is 21.2. The van der Waals surface area contributed by atoms with E-state index in [0.29, 0.717) is 25.4 Å². The van der Waals surface area contributed by atoms with Crippen molar-refractivity contribution in [3.05, 3.63) is 0 Å². The topological polar surface area (TPSA) is 87.7 Å². The van der Waals surface area contributed by atoms with Gasteiger partial charge >= 0.3 is 5.97 Å². The highest BCUT2D eigenvalue weighted by Crippen LogP contribution is 2.21. The summed E-state index contributed by atoms with van der Waals surface area (Å²) in [5.41, 5.74) is 0. The van der Waals surface area contributed by atoms with Crippen LogP contribution in [0.1, 0.15) is 38.5 Å². The Morgan fingerprint density at radius 3 is 2.70 bits per heavy atom. The molecule has 2 heterocycles. The van der Waals surface area contributed by atoms with Crippen LogP contribution in [0.5, 0.6) is 0 Å². The van der Waals surface area contributed by atoms with Crippen LogP contribution in [0.2, 0.25) is 0 Å². The number of nitrogens with zero attached hydrogens (tertiary/aromatic N) is 1. The smallest absolute Gasteiger partial charge is 0.322 e. The maximum Gasteiger partial charge on any atom is 0.322 e. The third kappa shape index (κ3) is 6.55. The van der Waals surface area contributed by atoms with Crippen LogP contribution < -0.4 is 10.6 Å². The quantitative estimate of drug-likeness (QED) is 0.500. The highest BCUT2D eigenvalue weighted by Gasteiger charge is 2.29. The van der Waals surface area contributed by atoms with Crippen molar-refractivity contribution in [2.45, 2.75) is 38.5 Å². The van der Waals surface area contributed by atoms with Crippen molar-refractivity contribution in [2.75, 3.05) is 39.8 Å². The van der Waals surface area contributed by atoms with E-state index < -0.39 is 11.9 Å². The van der Waals surface area contributed by atoms with Gasteiger partial charge in [0.05, 0.1) is 13.0 Å². The van der Waals surface area contributed by atoms with E-state index in [0.717, 1.165) is 45.2 Å². The number of nitrogens with one attached hydrogen (secondary N) is 2. The van der Waals surface area contributed by atoms with Crippen LogP contribution in [0.25, 0.3) is 0 Å². The Morgan fingerprint density at radius 2 is 2.04 bits per heavy atom. The molecular formula is C20H31N3O4. The second-order valence-electron chi connectivity index (χ2n) is 7.40. The van der Waals surface area contributed by atoms with E-state index in [1.54, 1.807) is 0 Å². The molecule has 0 spiro atoms. The van der Waals surface area contributed by atoms with Crippen molar-refractivity contribution in [1.82, 2.24) is 15.5 Å². The van der Waals surface area contributed by atoms with Crippen LogP contribution in [-0.2, 0) is 19.1 Å². The van der Waals surface area contributed by atoms with Crippen LogP contribution in [0.3, 0.4) is 0 Å². The highest BCUT2D eigenvalue weighted by atomic mass is 16.5. The van der Waals surface area contributed by atoms with Gasteiger partial charge in [-0.25, -0.2) is 0 Å². The minimum atomic E-state index is -0.787. The zero-order valence-corrected chi connectivity index (χ0v) is 16.2. The Hall–Kier alpha value is -2.07. The number of hydrogen-bond acceptors (Lipinski definition) is 5. The number of esters is 1. The molecular weight excluding hydrogens is 346 g/mol. The largest absolute Gasteiger partial charge is 0.468 e. The van der Waals surface area contributed by atoms with E-state index in [1.165, 1.54) is 7.11 Å². The van der Waals surface area contributed by atoms with Crippen LogP contribution in [0.4, 0.5) is 0 Å². The lowest BCUT2D eigenvalue weighted by molar-refractivity contribution is -0.143. The van der Waals surface area contributed by atoms with Gasteiger partial charge in [0.25, 0.3) is 0 Å². The summed E-state index contributed by atoms with van der Waals surface area (Å²) in [7, 11) is 1.27. The van der Waals surface area contributed by atoms with Crippen LogP contribution in [0, 0.1) is 30.1 Å². The molecule has 0 aromatic heterocycles. The molecule has 0 aromatic carbocycles. The summed E-state index contributed by atoms with van der Waals surface area (Å²) in [6, 6.07) is 0. The van der Waals surface area contributed by atoms with Gasteiger partial charge in [0.15, 0.2) is 0 Å². The molecule has 0 unspecified atom stereocenters. The summed E-state index contributed by atoms with van der Waals surface area (Å²) in [6.45, 7) is 3.28. The molecule has 2 fully saturated rings. The van der Waals surface area contributed by atoms with E-state index in [9.17, 15) is 14.4 Å². The molecule has 2 N–H and O–H groups in total. The summed E-state index contributed by atoms with van der Waals surface area (Å²) in [6.07, 6.45) is 10.6. The molecule has 2 aliphatic rings. The molecule has 0 aromatic rings. The lowest BCUT2D eigenvalue weighted by Gasteiger charge is -2.33. The number of hydrogen-bond donors (Lipinski definition) is 2. The zero-order chi connectivity index (χ0) is 19.6. The number of amides is 2. The van der Waals surface area contributed by atoms with Crippen molar-refractivity contribution >= 4 is 17.8 Å². The number of likely N-dealkylation sites (tertiary alicyclic amines) is 1. The van der Waals surface area contributed by atoms with Crippen LogP contribution in [-0.4, -0.2) is 62.5 Å². The van der Waals surface area contributed by atoms with Crippen LogP contribution >= 0.6 is 0 Å². The van der Waals surface area contributed by atoms with E-state index >= 15 is 0 Å². The van der Waals surface area contributed by atoms with Gasteiger partial charge < -0.3 is 20.3 Å². The summed E-state index contributed by atoms with van der Waals surface area (Å²) >= 11 is 0. The molecule has 2 atom stereocenters. The molecule has 2 amide bonds. The van der Waals surface area contributed by atoms with Gasteiger partial charge in [0.1, 0.15) is 5.92 Å². The number of methoxy groups -OCH3 is 1. The number of carbonyl (C=O) groups excluding carboxylic acids is 3. The molecule has 0 radical (unpaired) electrons. The van der Waals surface area contributed by atoms with E-state index in [-0.39, 0.29) is 24.3 Å². The van der Waals surface area contributed by atoms with Crippen LogP contribution in [0.15, 0.2) is 0 Å². The minimum absolute atomic E-state index is 0.0577. The predicted octanol–water partition coefficient (Wildman–Crippen LogP) is 0.543. The molecule has 2 saturated heterocycles. The fraction of sp³-hybridized carbons (Fsp3) is 0.750. The van der Waals surface area contributed by atoms with Gasteiger partial charge in [0.2, 0.25) is 11.8 Å². The molecule has 27 heavy (non-hydrogen) atoms. The van der Waals surface area contributed by atoms with Gasteiger partial charge in [-0.05, 0) is 51.1 Å². The summed E-state index contributed by atoms with van der Waals surface area (Å²) < 4.78 is 4.62. The van der Waals surface area contributed by atoms with Gasteiger partial charge in [-0.2, -0.15) is 0 Å². The zero-order valence-electron chi connectivity index (χ0n) is 16.2. The predicted molar refractivity (Wildman–Crippen MR) is 101 cm³/mol. The van der Waals surface area contributed by atoms with Crippen molar-refractivity contribution in [2.24, 2.45) is 17.8 Å². The normalized spacial score (nSPS) is 21.8. The van der Waals surface area contributed by atoms with Gasteiger partial charge in [-0.15, -0.1) is 6.42 Å². The maximum atomic E-state index is 12.5. The number of ether oxygens (including phenoxy) is 1. The molecule has 7 heteroatoms. The Bertz CT molecular complexity index is 566. The number of carbonyl (C=O) groups is 3. The standard InChI is InChI=1S/C20H31N3O4/c1-3-16(20(26)27-2)13-22-19(25)17-5-4-12-23(14-17)18(24)7-6-15-8-10-21-11-9-15/h1,15-17,21H,4-14H2,2H3,(H,22,25)/t16-,17+/m0/s1. The second kappa shape index (κ2) is 10.9. The lowest BCUT2D eigenvalue weighted by atomic mass is 9.92. The monoisotopic (exact) mass is 377 g/mol. The molecule has 2 rings (SSSR count). The Labute approximate surface area is 161 Å². The van der Waals surface area contributed by atoms with Gasteiger partial charge in [0, 0.05) is 26.1 Å². The summed E-state index contributed by atoms with van der Waals surface area (Å²) in [4.78, 5) is 38.3. The maximum absolute atomic E-state index is 12.5. The van der Waals surface area contributed by atoms with Gasteiger partial charge in [-0.3, -0.25) is 14.4 Å². The Kier molecular flexibility index (Phi) is 8.59. The highest BCUT2D eigenvalue weighted by molar-refractivity contribution is 5.82. The lowest BCUT2D eigenvalue weighted by Crippen LogP contribution is -2.46.